The van der Waals surface area contributed by atoms with Gasteiger partial charge in [0.05, 0.1) is 16.9 Å². The molecular weight excluding hydrogens is 466 g/mol. The molecule has 0 saturated heterocycles. The number of fused-ring (bicyclic) bond motifs is 3. The first-order chi connectivity index (χ1) is 18.6. The molecule has 1 aliphatic heterocycles. The monoisotopic (exact) mass is 491 g/mol. The molecule has 0 N–H and O–H groups in total. The minimum Gasteiger partial charge on any atom is -0.457 e. The van der Waals surface area contributed by atoms with Crippen molar-refractivity contribution in [3.63, 3.8) is 0 Å². The number of ether oxygens (including phenoxy) is 1. The molecule has 4 aromatic carbocycles. The zero-order valence-electron chi connectivity index (χ0n) is 21.2. The molecule has 0 saturated carbocycles. The summed E-state index contributed by atoms with van der Waals surface area (Å²) in [5.41, 5.74) is 7.90. The fraction of sp³-hybridized carbons (Fsp3) is 0.0882. The Morgan fingerprint density at radius 2 is 1.39 bits per heavy atom. The molecule has 0 radical (unpaired) electrons. The quantitative estimate of drug-likeness (QED) is 0.249. The van der Waals surface area contributed by atoms with Gasteiger partial charge >= 0.3 is 0 Å². The molecule has 2 aromatic heterocycles. The molecule has 38 heavy (non-hydrogen) atoms. The fourth-order valence-corrected chi connectivity index (χ4v) is 5.37. The zero-order valence-corrected chi connectivity index (χ0v) is 21.2. The number of para-hydroxylation sites is 2. The van der Waals surface area contributed by atoms with E-state index in [9.17, 15) is 0 Å². The minimum atomic E-state index is -0.205. The maximum atomic E-state index is 6.30. The van der Waals surface area contributed by atoms with Crippen molar-refractivity contribution in [1.82, 2.24) is 15.0 Å². The van der Waals surface area contributed by atoms with Gasteiger partial charge in [0.1, 0.15) is 11.5 Å². The Morgan fingerprint density at radius 1 is 0.605 bits per heavy atom. The molecule has 0 fully saturated rings. The van der Waals surface area contributed by atoms with Gasteiger partial charge in [-0.25, -0.2) is 9.97 Å². The molecule has 3 heterocycles. The molecule has 4 heteroatoms. The van der Waals surface area contributed by atoms with Crippen LogP contribution in [0.25, 0.3) is 44.8 Å². The molecule has 1 aliphatic rings. The maximum absolute atomic E-state index is 6.30. The van der Waals surface area contributed by atoms with Crippen LogP contribution in [-0.2, 0) is 5.41 Å². The van der Waals surface area contributed by atoms with Gasteiger partial charge in [0.2, 0.25) is 0 Å². The van der Waals surface area contributed by atoms with Gasteiger partial charge in [-0.05, 0) is 48.5 Å². The van der Waals surface area contributed by atoms with E-state index in [2.05, 4.69) is 73.4 Å². The molecule has 0 aliphatic carbocycles. The Kier molecular flexibility index (Phi) is 5.08. The molecule has 182 valence electrons. The lowest BCUT2D eigenvalue weighted by atomic mass is 9.75. The Bertz CT molecular complexity index is 1830. The standard InChI is InChI=1S/C34H25N3O/c1-34(2)26-13-4-6-16-30(26)38-31-18-17-23(21-27(31)34)32-25-12-3-5-15-29(25)36-33(37-32)24-11-9-10-22(20-24)28-14-7-8-19-35-28/h3-21H,1-2H3. The van der Waals surface area contributed by atoms with Crippen LogP contribution in [0, 0.1) is 0 Å². The van der Waals surface area contributed by atoms with Crippen molar-refractivity contribution < 1.29 is 4.74 Å². The number of aromatic nitrogens is 3. The molecule has 0 amide bonds. The van der Waals surface area contributed by atoms with Gasteiger partial charge in [-0.2, -0.15) is 0 Å². The number of hydrogen-bond acceptors (Lipinski definition) is 4. The molecule has 0 spiro atoms. The third-order valence-corrected chi connectivity index (χ3v) is 7.39. The van der Waals surface area contributed by atoms with Gasteiger partial charge in [0.25, 0.3) is 0 Å². The highest BCUT2D eigenvalue weighted by Crippen LogP contribution is 2.48. The predicted molar refractivity (Wildman–Crippen MR) is 152 cm³/mol. The summed E-state index contributed by atoms with van der Waals surface area (Å²) in [7, 11) is 0. The first-order valence-electron chi connectivity index (χ1n) is 12.8. The average molecular weight is 492 g/mol. The highest BCUT2D eigenvalue weighted by atomic mass is 16.5. The molecular formula is C34H25N3O. The van der Waals surface area contributed by atoms with E-state index in [1.54, 1.807) is 0 Å². The van der Waals surface area contributed by atoms with Gasteiger partial charge in [-0.3, -0.25) is 4.98 Å². The van der Waals surface area contributed by atoms with Crippen LogP contribution in [-0.4, -0.2) is 15.0 Å². The van der Waals surface area contributed by atoms with Crippen LogP contribution in [0.15, 0.2) is 115 Å². The van der Waals surface area contributed by atoms with Crippen LogP contribution in [0.2, 0.25) is 0 Å². The van der Waals surface area contributed by atoms with Gasteiger partial charge < -0.3 is 4.74 Å². The Hall–Kier alpha value is -4.83. The largest absolute Gasteiger partial charge is 0.457 e. The van der Waals surface area contributed by atoms with Crippen LogP contribution in [0.4, 0.5) is 0 Å². The predicted octanol–water partition coefficient (Wildman–Crippen LogP) is 8.46. The number of nitrogens with zero attached hydrogens (tertiary/aromatic N) is 3. The Balaban J connectivity index is 1.39. The molecule has 0 bridgehead atoms. The second-order valence-corrected chi connectivity index (χ2v) is 10.1. The molecule has 4 nitrogen and oxygen atoms in total. The summed E-state index contributed by atoms with van der Waals surface area (Å²) in [5, 5.41) is 1.02. The minimum absolute atomic E-state index is 0.205. The lowest BCUT2D eigenvalue weighted by Gasteiger charge is -2.34. The second kappa shape index (κ2) is 8.63. The highest BCUT2D eigenvalue weighted by Gasteiger charge is 2.34. The van der Waals surface area contributed by atoms with Gasteiger partial charge in [0.15, 0.2) is 5.82 Å². The third kappa shape index (κ3) is 3.65. The Morgan fingerprint density at radius 3 is 2.29 bits per heavy atom. The van der Waals surface area contributed by atoms with Crippen molar-refractivity contribution in [2.75, 3.05) is 0 Å². The van der Waals surface area contributed by atoms with Crippen LogP contribution >= 0.6 is 0 Å². The van der Waals surface area contributed by atoms with Crippen molar-refractivity contribution in [2.24, 2.45) is 0 Å². The van der Waals surface area contributed by atoms with E-state index in [1.165, 1.54) is 5.56 Å². The Labute approximate surface area is 221 Å². The summed E-state index contributed by atoms with van der Waals surface area (Å²) in [6.45, 7) is 4.51. The lowest BCUT2D eigenvalue weighted by Crippen LogP contribution is -2.24. The second-order valence-electron chi connectivity index (χ2n) is 10.1. The normalized spacial score (nSPS) is 13.4. The molecule has 6 aromatic rings. The molecule has 7 rings (SSSR count). The maximum Gasteiger partial charge on any atom is 0.160 e. The fourth-order valence-electron chi connectivity index (χ4n) is 5.37. The van der Waals surface area contributed by atoms with E-state index in [0.29, 0.717) is 5.82 Å². The average Bonchev–Trinajstić information content (AvgIpc) is 2.97. The van der Waals surface area contributed by atoms with Crippen molar-refractivity contribution in [3.05, 3.63) is 127 Å². The van der Waals surface area contributed by atoms with Crippen LogP contribution < -0.4 is 4.74 Å². The van der Waals surface area contributed by atoms with E-state index in [4.69, 9.17) is 14.7 Å². The van der Waals surface area contributed by atoms with Crippen molar-refractivity contribution in [3.8, 4) is 45.4 Å². The van der Waals surface area contributed by atoms with Gasteiger partial charge in [0, 0.05) is 44.8 Å². The molecule has 0 unspecified atom stereocenters. The first kappa shape index (κ1) is 22.4. The summed E-state index contributed by atoms with van der Waals surface area (Å²) in [6.07, 6.45) is 1.81. The van der Waals surface area contributed by atoms with Gasteiger partial charge in [-0.15, -0.1) is 0 Å². The van der Waals surface area contributed by atoms with E-state index in [0.717, 1.165) is 56.0 Å². The smallest absolute Gasteiger partial charge is 0.160 e. The summed E-state index contributed by atoms with van der Waals surface area (Å²) in [4.78, 5) is 14.6. The zero-order chi connectivity index (χ0) is 25.7. The van der Waals surface area contributed by atoms with Crippen molar-refractivity contribution >= 4 is 10.9 Å². The molecule has 0 atom stereocenters. The van der Waals surface area contributed by atoms with Crippen molar-refractivity contribution in [1.29, 1.82) is 0 Å². The summed E-state index contributed by atoms with van der Waals surface area (Å²) in [6, 6.07) is 37.1. The third-order valence-electron chi connectivity index (χ3n) is 7.39. The van der Waals surface area contributed by atoms with Crippen molar-refractivity contribution in [2.45, 2.75) is 19.3 Å². The lowest BCUT2D eigenvalue weighted by molar-refractivity contribution is 0.418. The van der Waals surface area contributed by atoms with Crippen LogP contribution in [0.5, 0.6) is 11.5 Å². The van der Waals surface area contributed by atoms with Crippen LogP contribution in [0.1, 0.15) is 25.0 Å². The summed E-state index contributed by atoms with van der Waals surface area (Å²) < 4.78 is 6.30. The van der Waals surface area contributed by atoms with Gasteiger partial charge in [-0.1, -0.05) is 74.5 Å². The number of hydrogen-bond donors (Lipinski definition) is 0. The topological polar surface area (TPSA) is 47.9 Å². The number of benzene rings is 4. The SMILES string of the molecule is CC1(C)c2ccccc2Oc2ccc(-c3nc(-c4cccc(-c5ccccn5)c4)nc4ccccc34)cc21. The number of rotatable bonds is 3. The van der Waals surface area contributed by atoms with Crippen LogP contribution in [0.3, 0.4) is 0 Å². The van der Waals surface area contributed by atoms with E-state index in [1.807, 2.05) is 60.8 Å². The van der Waals surface area contributed by atoms with E-state index < -0.39 is 0 Å². The van der Waals surface area contributed by atoms with E-state index >= 15 is 0 Å². The van der Waals surface area contributed by atoms with E-state index in [-0.39, 0.29) is 5.41 Å². The first-order valence-corrected chi connectivity index (χ1v) is 12.8. The summed E-state index contributed by atoms with van der Waals surface area (Å²) >= 11 is 0. The highest BCUT2D eigenvalue weighted by molar-refractivity contribution is 5.94. The number of pyridine rings is 1. The summed E-state index contributed by atoms with van der Waals surface area (Å²) in [5.74, 6) is 2.49.